The quantitative estimate of drug-likeness (QED) is 0.325. The van der Waals surface area contributed by atoms with Gasteiger partial charge in [-0.25, -0.2) is 4.79 Å². The van der Waals surface area contributed by atoms with Gasteiger partial charge in [-0.05, 0) is 45.4 Å². The number of fused-ring (bicyclic) bond motifs is 1. The van der Waals surface area contributed by atoms with Gasteiger partial charge in [0.15, 0.2) is 11.6 Å². The lowest BCUT2D eigenvalue weighted by molar-refractivity contribution is -0.136. The molecule has 1 aromatic heterocycles. The van der Waals surface area contributed by atoms with Crippen LogP contribution in [0.5, 0.6) is 5.75 Å². The van der Waals surface area contributed by atoms with Crippen LogP contribution in [0.1, 0.15) is 46.6 Å². The smallest absolute Gasteiger partial charge is 0.336 e. The van der Waals surface area contributed by atoms with Crippen LogP contribution in [0.15, 0.2) is 55.8 Å². The average molecular weight is 408 g/mol. The molecule has 1 aliphatic carbocycles. The third kappa shape index (κ3) is 3.77. The second-order valence-electron chi connectivity index (χ2n) is 8.35. The first-order valence-electron chi connectivity index (χ1n) is 9.66. The molecule has 1 heterocycles. The molecule has 1 aliphatic rings. The van der Waals surface area contributed by atoms with Gasteiger partial charge >= 0.3 is 11.6 Å². The molecule has 0 aliphatic heterocycles. The Balaban J connectivity index is 1.85. The number of allylic oxidation sites excluding steroid dienone is 4. The molecule has 0 bridgehead atoms. The molecule has 0 saturated heterocycles. The van der Waals surface area contributed by atoms with Crippen molar-refractivity contribution in [3.63, 3.8) is 0 Å². The summed E-state index contributed by atoms with van der Waals surface area (Å²) in [7, 11) is 0. The second-order valence-corrected chi connectivity index (χ2v) is 8.35. The van der Waals surface area contributed by atoms with Gasteiger partial charge in [0, 0.05) is 45.2 Å². The molecular formula is C24H24O6. The highest BCUT2D eigenvalue weighted by Crippen LogP contribution is 2.39. The van der Waals surface area contributed by atoms with E-state index in [0.29, 0.717) is 27.9 Å². The van der Waals surface area contributed by atoms with E-state index in [-0.39, 0.29) is 23.7 Å². The number of benzene rings is 1. The van der Waals surface area contributed by atoms with Gasteiger partial charge in [0.2, 0.25) is 0 Å². The fourth-order valence-electron chi connectivity index (χ4n) is 3.89. The third-order valence-corrected chi connectivity index (χ3v) is 5.60. The molecule has 6 heteroatoms. The van der Waals surface area contributed by atoms with E-state index < -0.39 is 17.0 Å². The fourth-order valence-corrected chi connectivity index (χ4v) is 3.89. The maximum absolute atomic E-state index is 12.8. The molecular weight excluding hydrogens is 384 g/mol. The molecule has 0 unspecified atom stereocenters. The van der Waals surface area contributed by atoms with Crippen molar-refractivity contribution in [1.29, 1.82) is 0 Å². The molecule has 1 aromatic carbocycles. The van der Waals surface area contributed by atoms with Crippen LogP contribution in [-0.2, 0) is 14.4 Å². The topological polar surface area (TPSA) is 90.7 Å². The van der Waals surface area contributed by atoms with E-state index in [4.69, 9.17) is 9.15 Å². The zero-order valence-electron chi connectivity index (χ0n) is 18.0. The Hall–Kier alpha value is -3.28. The van der Waals surface area contributed by atoms with Crippen molar-refractivity contribution < 1.29 is 23.5 Å². The maximum atomic E-state index is 12.8. The van der Waals surface area contributed by atoms with Gasteiger partial charge in [0.05, 0.1) is 6.42 Å². The van der Waals surface area contributed by atoms with Crippen molar-refractivity contribution >= 4 is 28.5 Å². The van der Waals surface area contributed by atoms with Gasteiger partial charge < -0.3 is 9.15 Å². The van der Waals surface area contributed by atoms with Crippen LogP contribution in [0.4, 0.5) is 0 Å². The number of rotatable bonds is 4. The minimum absolute atomic E-state index is 0.0964. The molecule has 0 atom stereocenters. The Morgan fingerprint density at radius 1 is 0.933 bits per heavy atom. The summed E-state index contributed by atoms with van der Waals surface area (Å²) >= 11 is 0. The highest BCUT2D eigenvalue weighted by Gasteiger charge is 2.38. The number of aryl methyl sites for hydroxylation is 1. The van der Waals surface area contributed by atoms with Crippen LogP contribution < -0.4 is 10.4 Å². The SMILES string of the molecule is CC1=C(C)C(=O)C(C(C)(C)CC(=O)Oc2ccc3c(C)cc(=O)oc3c2)=C(C)C1=O. The zero-order valence-corrected chi connectivity index (χ0v) is 18.0. The maximum Gasteiger partial charge on any atom is 0.336 e. The molecule has 6 nitrogen and oxygen atoms in total. The van der Waals surface area contributed by atoms with Gasteiger partial charge in [-0.3, -0.25) is 14.4 Å². The summed E-state index contributed by atoms with van der Waals surface area (Å²) in [6.07, 6.45) is -0.0964. The van der Waals surface area contributed by atoms with E-state index in [1.54, 1.807) is 53.7 Å². The number of hydrogen-bond donors (Lipinski definition) is 0. The van der Waals surface area contributed by atoms with Crippen LogP contribution >= 0.6 is 0 Å². The van der Waals surface area contributed by atoms with Crippen molar-refractivity contribution in [2.75, 3.05) is 0 Å². The molecule has 2 aromatic rings. The minimum Gasteiger partial charge on any atom is -0.426 e. The average Bonchev–Trinajstić information content (AvgIpc) is 2.63. The molecule has 0 radical (unpaired) electrons. The van der Waals surface area contributed by atoms with Crippen LogP contribution in [-0.4, -0.2) is 17.5 Å². The van der Waals surface area contributed by atoms with Crippen molar-refractivity contribution in [2.45, 2.75) is 48.0 Å². The number of ketones is 2. The molecule has 156 valence electrons. The van der Waals surface area contributed by atoms with Gasteiger partial charge in [-0.15, -0.1) is 0 Å². The van der Waals surface area contributed by atoms with Gasteiger partial charge in [0.25, 0.3) is 0 Å². The molecule has 3 rings (SSSR count). The summed E-state index contributed by atoms with van der Waals surface area (Å²) in [4.78, 5) is 49.5. The molecule has 30 heavy (non-hydrogen) atoms. The van der Waals surface area contributed by atoms with E-state index in [2.05, 4.69) is 0 Å². The normalized spacial score (nSPS) is 15.3. The first-order chi connectivity index (χ1) is 13.9. The molecule has 0 amide bonds. The van der Waals surface area contributed by atoms with Crippen molar-refractivity contribution in [1.82, 2.24) is 0 Å². The van der Waals surface area contributed by atoms with E-state index in [0.717, 1.165) is 10.9 Å². The Labute approximate surface area is 174 Å². The monoisotopic (exact) mass is 408 g/mol. The zero-order chi connectivity index (χ0) is 22.4. The lowest BCUT2D eigenvalue weighted by Gasteiger charge is -2.31. The van der Waals surface area contributed by atoms with E-state index in [1.165, 1.54) is 12.1 Å². The Kier molecular flexibility index (Phi) is 5.37. The van der Waals surface area contributed by atoms with Gasteiger partial charge in [-0.2, -0.15) is 0 Å². The molecule has 0 fully saturated rings. The molecule has 0 saturated carbocycles. The lowest BCUT2D eigenvalue weighted by Crippen LogP contribution is -2.32. The van der Waals surface area contributed by atoms with Crippen LogP contribution in [0.3, 0.4) is 0 Å². The van der Waals surface area contributed by atoms with Gasteiger partial charge in [-0.1, -0.05) is 13.8 Å². The summed E-state index contributed by atoms with van der Waals surface area (Å²) in [5.41, 5.74) is 1.27. The number of Topliss-reactive ketones (excluding diaryl/α,β-unsaturated/α-hetero) is 2. The fraction of sp³-hybridized carbons (Fsp3) is 0.333. The first kappa shape index (κ1) is 21.4. The Bertz CT molecular complexity index is 1220. The van der Waals surface area contributed by atoms with E-state index >= 15 is 0 Å². The standard InChI is InChI=1S/C24H24O6/c1-12-9-19(25)30-18-10-16(7-8-17(12)18)29-20(26)11-24(5,6)21-15(4)22(27)13(2)14(3)23(21)28/h7-10H,11H2,1-6H3. The van der Waals surface area contributed by atoms with Crippen molar-refractivity contribution in [3.05, 3.63) is 62.5 Å². The Morgan fingerprint density at radius 2 is 1.57 bits per heavy atom. The summed E-state index contributed by atoms with van der Waals surface area (Å²) in [6, 6.07) is 6.22. The van der Waals surface area contributed by atoms with Crippen molar-refractivity contribution in [3.8, 4) is 5.75 Å². The summed E-state index contributed by atoms with van der Waals surface area (Å²) in [5, 5.41) is 0.749. The molecule has 0 N–H and O–H groups in total. The largest absolute Gasteiger partial charge is 0.426 e. The number of carbonyl (C=O) groups is 3. The summed E-state index contributed by atoms with van der Waals surface area (Å²) < 4.78 is 10.6. The predicted octanol–water partition coefficient (Wildman–Crippen LogP) is 4.23. The first-order valence-corrected chi connectivity index (χ1v) is 9.66. The van der Waals surface area contributed by atoms with E-state index in [9.17, 15) is 19.2 Å². The van der Waals surface area contributed by atoms with Gasteiger partial charge in [0.1, 0.15) is 11.3 Å². The summed E-state index contributed by atoms with van der Waals surface area (Å²) in [6.45, 7) is 10.2. The predicted molar refractivity (Wildman–Crippen MR) is 112 cm³/mol. The second kappa shape index (κ2) is 7.52. The number of carbonyl (C=O) groups excluding carboxylic acids is 3. The Morgan fingerprint density at radius 3 is 2.23 bits per heavy atom. The third-order valence-electron chi connectivity index (χ3n) is 5.60. The van der Waals surface area contributed by atoms with Crippen LogP contribution in [0.2, 0.25) is 0 Å². The number of esters is 1. The highest BCUT2D eigenvalue weighted by molar-refractivity contribution is 6.25. The van der Waals surface area contributed by atoms with Crippen molar-refractivity contribution in [2.24, 2.45) is 5.41 Å². The molecule has 0 spiro atoms. The van der Waals surface area contributed by atoms with Crippen LogP contribution in [0.25, 0.3) is 11.0 Å². The van der Waals surface area contributed by atoms with E-state index in [1.807, 2.05) is 0 Å². The number of hydrogen-bond acceptors (Lipinski definition) is 6. The summed E-state index contributed by atoms with van der Waals surface area (Å²) in [5.74, 6) is -0.714. The lowest BCUT2D eigenvalue weighted by atomic mass is 9.71. The highest BCUT2D eigenvalue weighted by atomic mass is 16.5. The van der Waals surface area contributed by atoms with Crippen LogP contribution in [0, 0.1) is 12.3 Å². The number of ether oxygens (including phenoxy) is 1. The minimum atomic E-state index is -0.893.